The third-order valence-corrected chi connectivity index (χ3v) is 10.1. The summed E-state index contributed by atoms with van der Waals surface area (Å²) in [5.74, 6) is -0.389. The summed E-state index contributed by atoms with van der Waals surface area (Å²) in [5, 5.41) is 10.5. The zero-order valence-corrected chi connectivity index (χ0v) is 16.5. The van der Waals surface area contributed by atoms with Crippen molar-refractivity contribution in [1.29, 1.82) is 0 Å². The van der Waals surface area contributed by atoms with Gasteiger partial charge in [0.2, 0.25) is 0 Å². The van der Waals surface area contributed by atoms with Gasteiger partial charge in [-0.3, -0.25) is 4.79 Å². The zero-order chi connectivity index (χ0) is 16.0. The van der Waals surface area contributed by atoms with E-state index in [1.54, 1.807) is 0 Å². The van der Waals surface area contributed by atoms with E-state index < -0.39 is 15.5 Å². The first kappa shape index (κ1) is 16.7. The normalized spacial score (nSPS) is 59.0. The number of aliphatic hydroxyl groups is 1. The molecule has 6 heteroatoms. The smallest absolute Gasteiger partial charge is 0.168 e. The van der Waals surface area contributed by atoms with Gasteiger partial charge in [0, 0.05) is 21.6 Å². The Morgan fingerprint density at radius 3 is 2.48 bits per heavy atom. The molecule has 2 saturated carbocycles. The Hall–Kier alpha value is 0.840. The number of fused-ring (bicyclic) bond motifs is 1. The Morgan fingerprint density at radius 1 is 1.33 bits per heavy atom. The van der Waals surface area contributed by atoms with Gasteiger partial charge in [-0.05, 0) is 19.8 Å². The summed E-state index contributed by atoms with van der Waals surface area (Å²) < 4.78 is 5.23. The number of halogens is 3. The van der Waals surface area contributed by atoms with E-state index in [1.165, 1.54) is 0 Å². The van der Waals surface area contributed by atoms with Gasteiger partial charge in [0.05, 0.1) is 11.0 Å². The van der Waals surface area contributed by atoms with Crippen molar-refractivity contribution in [1.82, 2.24) is 0 Å². The summed E-state index contributed by atoms with van der Waals surface area (Å²) in [6.45, 7) is 8.11. The van der Waals surface area contributed by atoms with Gasteiger partial charge < -0.3 is 9.84 Å². The summed E-state index contributed by atoms with van der Waals surface area (Å²) in [5.41, 5.74) is -0.702. The van der Waals surface area contributed by atoms with Crippen molar-refractivity contribution in [2.75, 3.05) is 0 Å². The first-order chi connectivity index (χ1) is 9.42. The molecule has 0 amide bonds. The Kier molecular flexibility index (Phi) is 3.55. The number of ether oxygens (including phenoxy) is 1. The number of Topliss-reactive ketones (excluding diaryl/α,β-unsaturated/α-hetero) is 1. The van der Waals surface area contributed by atoms with Gasteiger partial charge in [0.15, 0.2) is 16.4 Å². The maximum atomic E-state index is 12.6. The third-order valence-electron chi connectivity index (χ3n) is 6.48. The molecule has 0 aromatic carbocycles. The van der Waals surface area contributed by atoms with E-state index in [0.29, 0.717) is 6.42 Å². The fourth-order valence-electron chi connectivity index (χ4n) is 4.87. The average molecular weight is 445 g/mol. The van der Waals surface area contributed by atoms with E-state index in [1.807, 2.05) is 13.8 Å². The van der Waals surface area contributed by atoms with Crippen LogP contribution in [0.4, 0.5) is 0 Å². The molecular formula is C15H21Br2ClO3. The van der Waals surface area contributed by atoms with Gasteiger partial charge in [-0.15, -0.1) is 11.6 Å². The molecule has 0 aromatic rings. The van der Waals surface area contributed by atoms with Crippen LogP contribution in [-0.2, 0) is 9.53 Å². The van der Waals surface area contributed by atoms with Crippen molar-refractivity contribution >= 4 is 49.2 Å². The maximum absolute atomic E-state index is 12.6. The molecule has 3 nitrogen and oxygen atoms in total. The Bertz CT molecular complexity index is 509. The molecule has 0 radical (unpaired) electrons. The molecule has 3 fully saturated rings. The number of carbonyl (C=O) groups excluding carboxylic acids is 1. The highest BCUT2D eigenvalue weighted by Crippen LogP contribution is 2.73. The molecule has 3 aliphatic rings. The summed E-state index contributed by atoms with van der Waals surface area (Å²) >= 11 is 13.9. The number of aliphatic hydroxyl groups excluding tert-OH is 1. The number of hydrogen-bond donors (Lipinski definition) is 1. The number of alkyl halides is 3. The van der Waals surface area contributed by atoms with Crippen LogP contribution in [0.3, 0.4) is 0 Å². The molecule has 1 spiro atoms. The molecular weight excluding hydrogens is 423 g/mol. The van der Waals surface area contributed by atoms with Gasteiger partial charge in [-0.2, -0.15) is 0 Å². The topological polar surface area (TPSA) is 46.5 Å². The van der Waals surface area contributed by atoms with E-state index in [-0.39, 0.29) is 33.5 Å². The minimum Gasteiger partial charge on any atom is -0.381 e. The summed E-state index contributed by atoms with van der Waals surface area (Å²) in [6.07, 6.45) is 0.136. The first-order valence-electron chi connectivity index (χ1n) is 7.33. The SMILES string of the molecule is C[C@@H]1C(=O)[C@@H](O)[C@]2(Br)O[C@@H]3C[C@](C)(Cl)[C@@H](Br)C[C@]13C2(C)C. The number of rotatable bonds is 0. The van der Waals surface area contributed by atoms with E-state index in [9.17, 15) is 9.90 Å². The maximum Gasteiger partial charge on any atom is 0.168 e. The van der Waals surface area contributed by atoms with Crippen LogP contribution in [0.5, 0.6) is 0 Å². The Labute approximate surface area is 147 Å². The molecule has 2 aliphatic carbocycles. The van der Waals surface area contributed by atoms with Crippen molar-refractivity contribution in [3.8, 4) is 0 Å². The van der Waals surface area contributed by atoms with E-state index in [4.69, 9.17) is 16.3 Å². The monoisotopic (exact) mass is 442 g/mol. The van der Waals surface area contributed by atoms with Crippen LogP contribution in [0.1, 0.15) is 40.5 Å². The largest absolute Gasteiger partial charge is 0.381 e. The quantitative estimate of drug-likeness (QED) is 0.581. The Balaban J connectivity index is 2.19. The molecule has 21 heavy (non-hydrogen) atoms. The summed E-state index contributed by atoms with van der Waals surface area (Å²) in [4.78, 5) is 12.3. The zero-order valence-electron chi connectivity index (χ0n) is 12.6. The van der Waals surface area contributed by atoms with Crippen molar-refractivity contribution < 1.29 is 14.6 Å². The third kappa shape index (κ3) is 1.71. The van der Waals surface area contributed by atoms with Crippen LogP contribution >= 0.6 is 43.5 Å². The lowest BCUT2D eigenvalue weighted by Crippen LogP contribution is -2.66. The highest BCUT2D eigenvalue weighted by Gasteiger charge is 2.79. The molecule has 0 aromatic heterocycles. The Morgan fingerprint density at radius 2 is 1.90 bits per heavy atom. The highest BCUT2D eigenvalue weighted by atomic mass is 79.9. The fraction of sp³-hybridized carbons (Fsp3) is 0.933. The van der Waals surface area contributed by atoms with Crippen molar-refractivity contribution in [2.45, 2.75) is 67.0 Å². The second-order valence-electron chi connectivity index (χ2n) is 7.60. The van der Waals surface area contributed by atoms with Gasteiger partial charge in [-0.25, -0.2) is 0 Å². The van der Waals surface area contributed by atoms with Crippen molar-refractivity contribution in [2.24, 2.45) is 16.7 Å². The van der Waals surface area contributed by atoms with Crippen LogP contribution in [0.25, 0.3) is 0 Å². The predicted molar refractivity (Wildman–Crippen MR) is 89.1 cm³/mol. The molecule has 7 atom stereocenters. The van der Waals surface area contributed by atoms with Crippen LogP contribution in [0.2, 0.25) is 0 Å². The molecule has 1 heterocycles. The highest BCUT2D eigenvalue weighted by molar-refractivity contribution is 9.10. The predicted octanol–water partition coefficient (Wildman–Crippen LogP) is 3.62. The second kappa shape index (κ2) is 4.47. The number of hydrogen-bond acceptors (Lipinski definition) is 3. The summed E-state index contributed by atoms with van der Waals surface area (Å²) in [6, 6.07) is 0. The minimum absolute atomic E-state index is 0.103. The standard InChI is InChI=1S/C15H21Br2ClO3/c1-7-10(19)11(20)15(17)12(2,3)14(7)5-8(16)13(4,18)6-9(14)21-15/h7-9,11,20H,5-6H2,1-4H3/t7-,8+,9-,11-,13+,14+,15+/m1/s1. The lowest BCUT2D eigenvalue weighted by molar-refractivity contribution is -0.159. The molecule has 0 unspecified atom stereocenters. The van der Waals surface area contributed by atoms with Gasteiger partial charge >= 0.3 is 0 Å². The van der Waals surface area contributed by atoms with E-state index in [2.05, 4.69) is 45.7 Å². The molecule has 1 saturated heterocycles. The van der Waals surface area contributed by atoms with Crippen LogP contribution in [-0.4, -0.2) is 37.3 Å². The lowest BCUT2D eigenvalue weighted by atomic mass is 9.47. The van der Waals surface area contributed by atoms with Crippen LogP contribution < -0.4 is 0 Å². The molecule has 3 rings (SSSR count). The molecule has 120 valence electrons. The fourth-order valence-corrected chi connectivity index (χ4v) is 6.63. The lowest BCUT2D eigenvalue weighted by Gasteiger charge is -2.58. The van der Waals surface area contributed by atoms with Gasteiger partial charge in [-0.1, -0.05) is 52.6 Å². The van der Waals surface area contributed by atoms with Gasteiger partial charge in [0.1, 0.15) is 0 Å². The second-order valence-corrected chi connectivity index (χ2v) is 10.7. The van der Waals surface area contributed by atoms with Crippen molar-refractivity contribution in [3.63, 3.8) is 0 Å². The van der Waals surface area contributed by atoms with Crippen LogP contribution in [0, 0.1) is 16.7 Å². The number of carbonyl (C=O) groups is 1. The van der Waals surface area contributed by atoms with Crippen molar-refractivity contribution in [3.05, 3.63) is 0 Å². The minimum atomic E-state index is -1.14. The first-order valence-corrected chi connectivity index (χ1v) is 9.42. The van der Waals surface area contributed by atoms with E-state index >= 15 is 0 Å². The molecule has 1 aliphatic heterocycles. The van der Waals surface area contributed by atoms with E-state index in [0.717, 1.165) is 6.42 Å². The average Bonchev–Trinajstić information content (AvgIpc) is 2.50. The summed E-state index contributed by atoms with van der Waals surface area (Å²) in [7, 11) is 0. The van der Waals surface area contributed by atoms with Crippen LogP contribution in [0.15, 0.2) is 0 Å². The molecule has 1 N–H and O–H groups in total. The van der Waals surface area contributed by atoms with Gasteiger partial charge in [0.25, 0.3) is 0 Å². The molecule has 2 bridgehead atoms. The number of ketones is 1.